The van der Waals surface area contributed by atoms with Crippen molar-refractivity contribution in [2.24, 2.45) is 0 Å². The molecule has 0 saturated carbocycles. The quantitative estimate of drug-likeness (QED) is 0.854. The van der Waals surface area contributed by atoms with Crippen molar-refractivity contribution >= 4 is 54.6 Å². The molecule has 2 aromatic rings. The van der Waals surface area contributed by atoms with Gasteiger partial charge in [0.1, 0.15) is 10.3 Å². The second kappa shape index (κ2) is 5.74. The van der Waals surface area contributed by atoms with Crippen molar-refractivity contribution in [2.75, 3.05) is 4.72 Å². The van der Waals surface area contributed by atoms with E-state index in [-0.39, 0.29) is 9.90 Å². The number of hydrogen-bond acceptors (Lipinski definition) is 4. The van der Waals surface area contributed by atoms with Crippen molar-refractivity contribution in [1.29, 1.82) is 5.26 Å². The molecule has 104 valence electrons. The van der Waals surface area contributed by atoms with Crippen molar-refractivity contribution in [1.82, 2.24) is 0 Å². The molecule has 0 spiro atoms. The number of aryl methyl sites for hydroxylation is 1. The summed E-state index contributed by atoms with van der Waals surface area (Å²) in [6.07, 6.45) is 0. The third-order valence-corrected chi connectivity index (χ3v) is 6.83. The fourth-order valence-electron chi connectivity index (χ4n) is 1.56. The normalized spacial score (nSPS) is 11.1. The zero-order valence-electron chi connectivity index (χ0n) is 10.1. The number of sulfonamides is 1. The Balaban J connectivity index is 2.44. The average Bonchev–Trinajstić information content (AvgIpc) is 2.70. The van der Waals surface area contributed by atoms with Gasteiger partial charge in [-0.1, -0.05) is 23.7 Å². The van der Waals surface area contributed by atoms with Gasteiger partial charge in [0.2, 0.25) is 0 Å². The number of halogens is 2. The lowest BCUT2D eigenvalue weighted by Gasteiger charge is -2.09. The zero-order chi connectivity index (χ0) is 14.9. The van der Waals surface area contributed by atoms with Crippen LogP contribution >= 0.6 is 38.9 Å². The molecule has 0 fully saturated rings. The molecule has 0 aliphatic heterocycles. The van der Waals surface area contributed by atoms with Crippen LogP contribution in [-0.2, 0) is 10.0 Å². The maximum absolute atomic E-state index is 12.3. The van der Waals surface area contributed by atoms with Gasteiger partial charge in [0.15, 0.2) is 0 Å². The molecule has 20 heavy (non-hydrogen) atoms. The number of nitrogens with one attached hydrogen (secondary N) is 1. The lowest BCUT2D eigenvalue weighted by Crippen LogP contribution is -2.12. The Kier molecular flexibility index (Phi) is 4.39. The van der Waals surface area contributed by atoms with E-state index in [9.17, 15) is 8.42 Å². The van der Waals surface area contributed by atoms with E-state index in [0.717, 1.165) is 11.3 Å². The van der Waals surface area contributed by atoms with E-state index >= 15 is 0 Å². The Bertz CT molecular complexity index is 790. The maximum atomic E-state index is 12.3. The first kappa shape index (κ1) is 15.3. The third-order valence-electron chi connectivity index (χ3n) is 2.52. The molecule has 1 aromatic heterocycles. The number of thiophene rings is 1. The van der Waals surface area contributed by atoms with Gasteiger partial charge in [-0.25, -0.2) is 8.42 Å². The van der Waals surface area contributed by atoms with Crippen molar-refractivity contribution in [2.45, 2.75) is 11.1 Å². The van der Waals surface area contributed by atoms with Gasteiger partial charge in [-0.3, -0.25) is 4.72 Å². The van der Waals surface area contributed by atoms with Crippen LogP contribution in [-0.4, -0.2) is 8.42 Å². The summed E-state index contributed by atoms with van der Waals surface area (Å²) < 4.78 is 27.6. The molecule has 0 saturated heterocycles. The molecule has 0 aliphatic rings. The molecular formula is C12H8BrClN2O2S2. The van der Waals surface area contributed by atoms with E-state index in [1.165, 1.54) is 6.07 Å². The van der Waals surface area contributed by atoms with Gasteiger partial charge < -0.3 is 0 Å². The van der Waals surface area contributed by atoms with Crippen LogP contribution in [0.25, 0.3) is 0 Å². The van der Waals surface area contributed by atoms with Crippen LogP contribution in [0, 0.1) is 18.3 Å². The second-order valence-electron chi connectivity index (χ2n) is 3.90. The number of rotatable bonds is 3. The van der Waals surface area contributed by atoms with Gasteiger partial charge in [-0.05, 0) is 40.5 Å². The summed E-state index contributed by atoms with van der Waals surface area (Å²) in [5, 5.41) is 9.44. The maximum Gasteiger partial charge on any atom is 0.271 e. The van der Waals surface area contributed by atoms with Crippen LogP contribution < -0.4 is 4.72 Å². The van der Waals surface area contributed by atoms with E-state index < -0.39 is 10.0 Å². The van der Waals surface area contributed by atoms with Crippen LogP contribution in [0.5, 0.6) is 0 Å². The second-order valence-corrected chi connectivity index (χ2v) is 8.59. The highest BCUT2D eigenvalue weighted by Gasteiger charge is 2.20. The summed E-state index contributed by atoms with van der Waals surface area (Å²) in [6.45, 7) is 1.74. The Hall–Kier alpha value is -1.07. The molecule has 8 heteroatoms. The Morgan fingerprint density at radius 1 is 1.45 bits per heavy atom. The molecule has 0 amide bonds. The van der Waals surface area contributed by atoms with Crippen LogP contribution in [0.3, 0.4) is 0 Å². The lowest BCUT2D eigenvalue weighted by atomic mass is 10.1. The van der Waals surface area contributed by atoms with Crippen molar-refractivity contribution < 1.29 is 8.42 Å². The first-order chi connectivity index (χ1) is 9.35. The number of nitrogens with zero attached hydrogens (tertiary/aromatic N) is 1. The van der Waals surface area contributed by atoms with Gasteiger partial charge in [0.25, 0.3) is 10.0 Å². The lowest BCUT2D eigenvalue weighted by molar-refractivity contribution is 0.603. The standard InChI is InChI=1S/C12H8BrClN2O2S2/c1-7-3-2-4-10(8(7)6-15)16-20(17,18)11-5-9(14)12(13)19-11/h2-5,16H,1H3. The molecule has 4 nitrogen and oxygen atoms in total. The van der Waals surface area contributed by atoms with Gasteiger partial charge >= 0.3 is 0 Å². The van der Waals surface area contributed by atoms with Crippen LogP contribution in [0.4, 0.5) is 5.69 Å². The topological polar surface area (TPSA) is 70.0 Å². The average molecular weight is 392 g/mol. The van der Waals surface area contributed by atoms with Crippen LogP contribution in [0.1, 0.15) is 11.1 Å². The molecule has 2 rings (SSSR count). The summed E-state index contributed by atoms with van der Waals surface area (Å²) in [6, 6.07) is 8.34. The first-order valence-corrected chi connectivity index (χ1v) is 8.79. The molecule has 1 aromatic carbocycles. The highest BCUT2D eigenvalue weighted by atomic mass is 79.9. The van der Waals surface area contributed by atoms with Crippen molar-refractivity contribution in [3.8, 4) is 6.07 Å². The minimum Gasteiger partial charge on any atom is -0.278 e. The molecular weight excluding hydrogens is 384 g/mol. The fourth-order valence-corrected chi connectivity index (χ4v) is 5.03. The van der Waals surface area contributed by atoms with E-state index in [1.54, 1.807) is 25.1 Å². The van der Waals surface area contributed by atoms with Gasteiger partial charge in [-0.15, -0.1) is 11.3 Å². The van der Waals surface area contributed by atoms with Crippen molar-refractivity contribution in [3.05, 3.63) is 44.2 Å². The Labute approximate surface area is 134 Å². The van der Waals surface area contributed by atoms with Gasteiger partial charge in [-0.2, -0.15) is 5.26 Å². The summed E-state index contributed by atoms with van der Waals surface area (Å²) >= 11 is 10.0. The zero-order valence-corrected chi connectivity index (χ0v) is 14.1. The fraction of sp³-hybridized carbons (Fsp3) is 0.0833. The molecule has 0 aliphatic carbocycles. The SMILES string of the molecule is Cc1cccc(NS(=O)(=O)c2cc(Cl)c(Br)s2)c1C#N. The molecule has 0 radical (unpaired) electrons. The third kappa shape index (κ3) is 2.99. The number of benzene rings is 1. The minimum absolute atomic E-state index is 0.0831. The van der Waals surface area contributed by atoms with E-state index in [4.69, 9.17) is 16.9 Å². The first-order valence-electron chi connectivity index (χ1n) is 5.32. The Morgan fingerprint density at radius 2 is 2.15 bits per heavy atom. The summed E-state index contributed by atoms with van der Waals surface area (Å²) in [5.74, 6) is 0. The number of anilines is 1. The molecule has 0 bridgehead atoms. The Morgan fingerprint density at radius 3 is 2.70 bits per heavy atom. The predicted molar refractivity (Wildman–Crippen MR) is 83.7 cm³/mol. The highest BCUT2D eigenvalue weighted by molar-refractivity contribution is 9.11. The molecule has 0 atom stereocenters. The van der Waals surface area contributed by atoms with E-state index in [2.05, 4.69) is 20.7 Å². The molecule has 0 unspecified atom stereocenters. The smallest absolute Gasteiger partial charge is 0.271 e. The minimum atomic E-state index is -3.76. The van der Waals surface area contributed by atoms with Crippen LogP contribution in [0.2, 0.25) is 5.02 Å². The van der Waals surface area contributed by atoms with E-state index in [0.29, 0.717) is 19.9 Å². The number of hydrogen-bond donors (Lipinski definition) is 1. The molecule has 1 N–H and O–H groups in total. The molecule has 1 heterocycles. The largest absolute Gasteiger partial charge is 0.278 e. The summed E-state index contributed by atoms with van der Waals surface area (Å²) in [5.41, 5.74) is 1.27. The highest BCUT2D eigenvalue weighted by Crippen LogP contribution is 2.35. The predicted octanol–water partition coefficient (Wildman–Crippen LogP) is 4.14. The van der Waals surface area contributed by atoms with Gasteiger partial charge in [0, 0.05) is 0 Å². The summed E-state index contributed by atoms with van der Waals surface area (Å²) in [4.78, 5) is 0. The van der Waals surface area contributed by atoms with E-state index in [1.807, 2.05) is 6.07 Å². The summed E-state index contributed by atoms with van der Waals surface area (Å²) in [7, 11) is -3.76. The van der Waals surface area contributed by atoms with Gasteiger partial charge in [0.05, 0.1) is 20.1 Å². The monoisotopic (exact) mass is 390 g/mol. The van der Waals surface area contributed by atoms with Crippen molar-refractivity contribution in [3.63, 3.8) is 0 Å². The number of nitriles is 1. The van der Waals surface area contributed by atoms with Crippen LogP contribution in [0.15, 0.2) is 32.3 Å².